The van der Waals surface area contributed by atoms with Crippen LogP contribution in [0.15, 0.2) is 48.5 Å². The first-order valence-electron chi connectivity index (χ1n) is 12.0. The Morgan fingerprint density at radius 2 is 1.34 bits per heavy atom. The largest absolute Gasteiger partial charge is 0.481 e. The highest BCUT2D eigenvalue weighted by Crippen LogP contribution is 2.44. The van der Waals surface area contributed by atoms with E-state index in [9.17, 15) is 24.0 Å². The van der Waals surface area contributed by atoms with Crippen molar-refractivity contribution in [3.8, 4) is 11.1 Å². The number of carboxylic acid groups (broad SMARTS) is 2. The van der Waals surface area contributed by atoms with Crippen molar-refractivity contribution in [2.24, 2.45) is 0 Å². The third kappa shape index (κ3) is 10.4. The summed E-state index contributed by atoms with van der Waals surface area (Å²) >= 11 is 0. The summed E-state index contributed by atoms with van der Waals surface area (Å²) in [6.07, 6.45) is 0.216. The molecule has 4 N–H and O–H groups in total. The van der Waals surface area contributed by atoms with Crippen molar-refractivity contribution in [2.45, 2.75) is 52.4 Å². The number of rotatable bonds is 12. The van der Waals surface area contributed by atoms with Gasteiger partial charge in [-0.3, -0.25) is 19.2 Å². The van der Waals surface area contributed by atoms with E-state index in [2.05, 4.69) is 22.8 Å². The lowest BCUT2D eigenvalue weighted by atomic mass is 9.98. The molecule has 2 aromatic carbocycles. The van der Waals surface area contributed by atoms with Crippen molar-refractivity contribution in [1.29, 1.82) is 0 Å². The number of ether oxygens (including phenoxy) is 1. The van der Waals surface area contributed by atoms with E-state index in [4.69, 9.17) is 14.9 Å². The fraction of sp³-hybridized carbons (Fsp3) is 0.393. The van der Waals surface area contributed by atoms with E-state index >= 15 is 0 Å². The van der Waals surface area contributed by atoms with E-state index in [0.717, 1.165) is 28.7 Å². The molecule has 1 aliphatic rings. The normalized spacial score (nSPS) is 11.0. The van der Waals surface area contributed by atoms with Crippen LogP contribution in [-0.4, -0.2) is 59.6 Å². The number of amides is 2. The quantitative estimate of drug-likeness (QED) is 0.322. The molecule has 0 saturated carbocycles. The summed E-state index contributed by atoms with van der Waals surface area (Å²) in [7, 11) is 0. The van der Waals surface area contributed by atoms with Crippen LogP contribution in [-0.2, 0) is 23.9 Å². The molecular formula is C28H36N2O8. The maximum absolute atomic E-state index is 11.9. The predicted molar refractivity (Wildman–Crippen MR) is 142 cm³/mol. The van der Waals surface area contributed by atoms with E-state index in [1.165, 1.54) is 0 Å². The first kappa shape index (κ1) is 31.8. The van der Waals surface area contributed by atoms with Crippen LogP contribution in [0.4, 0.5) is 4.79 Å². The van der Waals surface area contributed by atoms with Crippen molar-refractivity contribution in [3.05, 3.63) is 59.7 Å². The van der Waals surface area contributed by atoms with Gasteiger partial charge in [0.15, 0.2) is 5.78 Å². The molecule has 0 atom stereocenters. The minimum absolute atomic E-state index is 0. The van der Waals surface area contributed by atoms with E-state index in [-0.39, 0.29) is 64.0 Å². The van der Waals surface area contributed by atoms with Crippen LogP contribution in [0.2, 0.25) is 0 Å². The lowest BCUT2D eigenvalue weighted by Crippen LogP contribution is -2.31. The van der Waals surface area contributed by atoms with Gasteiger partial charge in [-0.2, -0.15) is 0 Å². The molecule has 38 heavy (non-hydrogen) atoms. The van der Waals surface area contributed by atoms with Crippen molar-refractivity contribution < 1.29 is 38.9 Å². The molecule has 2 aromatic rings. The highest BCUT2D eigenvalue weighted by molar-refractivity contribution is 5.86. The lowest BCUT2D eigenvalue weighted by Gasteiger charge is -2.14. The maximum atomic E-state index is 11.9. The minimum Gasteiger partial charge on any atom is -0.481 e. The van der Waals surface area contributed by atoms with E-state index in [1.54, 1.807) is 0 Å². The standard InChI is InChI=1S/C20H19NO5.C7H13NO3.CH4/c22-13(9-10-19(23)24)11-21-20(25)26-12-18-16-7-3-1-5-14(16)15-6-2-4-8-17(15)18;1-2-3-6(9)8-5-4-7(10)11;/h1-8,18H,9-12H2,(H,21,25)(H,23,24);2-5H2,1H3,(H,8,9)(H,10,11);1H4. The molecule has 0 bridgehead atoms. The van der Waals surface area contributed by atoms with Crippen molar-refractivity contribution in [2.75, 3.05) is 19.7 Å². The molecular weight excluding hydrogens is 492 g/mol. The molecule has 0 unspecified atom stereocenters. The van der Waals surface area contributed by atoms with Gasteiger partial charge in [0.2, 0.25) is 5.91 Å². The number of fused-ring (bicyclic) bond motifs is 3. The molecule has 0 saturated heterocycles. The molecule has 0 heterocycles. The molecule has 0 aromatic heterocycles. The fourth-order valence-electron chi connectivity index (χ4n) is 3.78. The number of benzene rings is 2. The molecule has 0 spiro atoms. The number of Topliss-reactive ketones (excluding diaryl/α,β-unsaturated/α-hetero) is 1. The van der Waals surface area contributed by atoms with Crippen molar-refractivity contribution in [3.63, 3.8) is 0 Å². The molecule has 10 nitrogen and oxygen atoms in total. The van der Waals surface area contributed by atoms with Crippen molar-refractivity contribution >= 4 is 29.7 Å². The third-order valence-corrected chi connectivity index (χ3v) is 5.53. The van der Waals surface area contributed by atoms with Gasteiger partial charge in [0, 0.05) is 25.3 Å². The average Bonchev–Trinajstić information content (AvgIpc) is 3.19. The fourth-order valence-corrected chi connectivity index (χ4v) is 3.78. The Balaban J connectivity index is 0.000000514. The van der Waals surface area contributed by atoms with Crippen molar-refractivity contribution in [1.82, 2.24) is 10.6 Å². The van der Waals surface area contributed by atoms with Crippen LogP contribution in [0.3, 0.4) is 0 Å². The second-order valence-corrected chi connectivity index (χ2v) is 8.36. The summed E-state index contributed by atoms with van der Waals surface area (Å²) in [5.74, 6) is -2.40. The maximum Gasteiger partial charge on any atom is 0.407 e. The summed E-state index contributed by atoms with van der Waals surface area (Å²) in [5, 5.41) is 21.6. The van der Waals surface area contributed by atoms with Gasteiger partial charge in [0.1, 0.15) is 6.61 Å². The summed E-state index contributed by atoms with van der Waals surface area (Å²) in [5.41, 5.74) is 4.50. The third-order valence-electron chi connectivity index (χ3n) is 5.53. The number of nitrogens with one attached hydrogen (secondary N) is 2. The van der Waals surface area contributed by atoms with Crippen LogP contribution in [0, 0.1) is 0 Å². The summed E-state index contributed by atoms with van der Waals surface area (Å²) in [6, 6.07) is 16.0. The van der Waals surface area contributed by atoms with E-state index in [0.29, 0.717) is 6.42 Å². The molecule has 3 rings (SSSR count). The molecule has 0 aliphatic heterocycles. The highest BCUT2D eigenvalue weighted by Gasteiger charge is 2.29. The number of ketones is 1. The van der Waals surface area contributed by atoms with Gasteiger partial charge in [-0.15, -0.1) is 0 Å². The van der Waals surface area contributed by atoms with Gasteiger partial charge >= 0.3 is 18.0 Å². The zero-order valence-electron chi connectivity index (χ0n) is 20.7. The van der Waals surface area contributed by atoms with Crippen LogP contribution >= 0.6 is 0 Å². The second-order valence-electron chi connectivity index (χ2n) is 8.36. The van der Waals surface area contributed by atoms with E-state index < -0.39 is 18.0 Å². The molecule has 1 aliphatic carbocycles. The zero-order chi connectivity index (χ0) is 27.2. The number of carboxylic acids is 2. The first-order chi connectivity index (χ1) is 17.7. The Hall–Kier alpha value is -4.21. The predicted octanol–water partition coefficient (Wildman–Crippen LogP) is 3.97. The van der Waals surface area contributed by atoms with Gasteiger partial charge in [0.25, 0.3) is 0 Å². The first-order valence-corrected chi connectivity index (χ1v) is 12.0. The molecule has 10 heteroatoms. The molecule has 0 radical (unpaired) electrons. The second kappa shape index (κ2) is 16.5. The highest BCUT2D eigenvalue weighted by atomic mass is 16.5. The molecule has 206 valence electrons. The van der Waals surface area contributed by atoms with Gasteiger partial charge in [-0.25, -0.2) is 4.79 Å². The number of hydrogen-bond donors (Lipinski definition) is 4. The smallest absolute Gasteiger partial charge is 0.407 e. The zero-order valence-corrected chi connectivity index (χ0v) is 20.7. The number of aliphatic carboxylic acids is 2. The Morgan fingerprint density at radius 1 is 0.789 bits per heavy atom. The van der Waals surface area contributed by atoms with Crippen LogP contribution < -0.4 is 10.6 Å². The average molecular weight is 529 g/mol. The summed E-state index contributed by atoms with van der Waals surface area (Å²) in [4.78, 5) is 54.5. The molecule has 0 fully saturated rings. The number of alkyl carbamates (subject to hydrolysis) is 1. The number of carbonyl (C=O) groups excluding carboxylic acids is 3. The van der Waals surface area contributed by atoms with Crippen LogP contribution in [0.1, 0.15) is 63.5 Å². The number of hydrogen-bond acceptors (Lipinski definition) is 6. The summed E-state index contributed by atoms with van der Waals surface area (Å²) < 4.78 is 5.30. The Kier molecular flexibility index (Phi) is 13.8. The number of carbonyl (C=O) groups is 5. The van der Waals surface area contributed by atoms with Gasteiger partial charge in [0.05, 0.1) is 19.4 Å². The van der Waals surface area contributed by atoms with Crippen LogP contribution in [0.25, 0.3) is 11.1 Å². The topological polar surface area (TPSA) is 159 Å². The lowest BCUT2D eigenvalue weighted by molar-refractivity contribution is -0.138. The Labute approximate surface area is 222 Å². The SMILES string of the molecule is C.CCCC(=O)NCCC(=O)O.O=C(O)CCC(=O)CNC(=O)OCC1c2ccccc2-c2ccccc21. The van der Waals surface area contributed by atoms with Gasteiger partial charge in [-0.1, -0.05) is 62.9 Å². The summed E-state index contributed by atoms with van der Waals surface area (Å²) in [6.45, 7) is 2.07. The van der Waals surface area contributed by atoms with Gasteiger partial charge in [-0.05, 0) is 28.7 Å². The monoisotopic (exact) mass is 528 g/mol. The Bertz CT molecular complexity index is 1070. The molecule has 2 amide bonds. The van der Waals surface area contributed by atoms with E-state index in [1.807, 2.05) is 43.3 Å². The minimum atomic E-state index is -1.04. The van der Waals surface area contributed by atoms with Crippen LogP contribution in [0.5, 0.6) is 0 Å². The van der Waals surface area contributed by atoms with Gasteiger partial charge < -0.3 is 25.6 Å². The Morgan fingerprint density at radius 3 is 1.87 bits per heavy atom.